The van der Waals surface area contributed by atoms with Crippen molar-refractivity contribution >= 4 is 34.7 Å². The second kappa shape index (κ2) is 4.03. The Bertz CT molecular complexity index is 184. The molecule has 0 aliphatic rings. The Morgan fingerprint density at radius 2 is 2.33 bits per heavy atom. The van der Waals surface area contributed by atoms with Crippen LogP contribution in [0.1, 0.15) is 2.85 Å². The van der Waals surface area contributed by atoms with Gasteiger partial charge in [0.2, 0.25) is 5.95 Å². The average molecular weight is 158 g/mol. The van der Waals surface area contributed by atoms with Gasteiger partial charge in [-0.15, -0.1) is 0 Å². The summed E-state index contributed by atoms with van der Waals surface area (Å²) in [4.78, 5) is 3.29. The maximum Gasteiger partial charge on any atom is 2.00 e. The number of aromatic nitrogens is 1. The fraction of sp³-hybridized carbons (Fsp3) is 0. The van der Waals surface area contributed by atoms with Crippen LogP contribution in [0.3, 0.4) is 0 Å². The largest absolute Gasteiger partial charge is 2.00 e. The molecule has 0 amide bonds. The van der Waals surface area contributed by atoms with Crippen molar-refractivity contribution in [1.29, 1.82) is 0 Å². The van der Waals surface area contributed by atoms with E-state index >= 15 is 0 Å². The smallest absolute Gasteiger partial charge is 1.00 e. The third-order valence-electron chi connectivity index (χ3n) is 0.689. The molecule has 0 N–H and O–H groups in total. The topological polar surface area (TPSA) is 12.9 Å². The molecule has 0 spiro atoms. The monoisotopic (exact) mass is 157 g/mol. The van der Waals surface area contributed by atoms with Crippen molar-refractivity contribution in [2.24, 2.45) is 0 Å². The van der Waals surface area contributed by atoms with E-state index in [4.69, 9.17) is 11.6 Å². The van der Waals surface area contributed by atoms with Gasteiger partial charge in [-0.25, -0.2) is 4.98 Å². The van der Waals surface area contributed by atoms with Gasteiger partial charge >= 0.3 is 23.1 Å². The minimum atomic E-state index is -0.544. The van der Waals surface area contributed by atoms with Crippen molar-refractivity contribution in [1.82, 2.24) is 4.98 Å². The number of pyridine rings is 1. The zero-order chi connectivity index (χ0) is 5.98. The molecular weight excluding hydrogens is 153 g/mol. The van der Waals surface area contributed by atoms with Gasteiger partial charge in [-0.05, 0) is 6.07 Å². The van der Waals surface area contributed by atoms with Gasteiger partial charge in [0.15, 0.2) is 0 Å². The van der Waals surface area contributed by atoms with E-state index in [0.717, 1.165) is 6.07 Å². The van der Waals surface area contributed by atoms with E-state index in [1.807, 2.05) is 0 Å². The minimum absolute atomic E-state index is 0. The van der Waals surface area contributed by atoms with Crippen molar-refractivity contribution in [3.8, 4) is 0 Å². The Hall–Kier alpha value is 0.136. The van der Waals surface area contributed by atoms with E-state index in [2.05, 4.69) is 4.98 Å². The molecule has 0 saturated carbocycles. The first-order valence-electron chi connectivity index (χ1n) is 2.06. The maximum absolute atomic E-state index is 12.0. The van der Waals surface area contributed by atoms with Gasteiger partial charge in [-0.1, -0.05) is 11.6 Å². The standard InChI is InChI=1S/C5H3ClFN.Mg.2H/c6-4-1-2-8-5(7)3-4;;;/h1-3H;;;/q;+2;2*-1. The summed E-state index contributed by atoms with van der Waals surface area (Å²) in [7, 11) is 0. The van der Waals surface area contributed by atoms with Crippen LogP contribution in [0.4, 0.5) is 4.39 Å². The molecule has 46 valence electrons. The van der Waals surface area contributed by atoms with Crippen molar-refractivity contribution in [2.75, 3.05) is 0 Å². The zero-order valence-corrected chi connectivity index (χ0v) is 6.81. The molecule has 0 bridgehead atoms. The molecule has 1 heterocycles. The second-order valence-corrected chi connectivity index (χ2v) is 1.73. The summed E-state index contributed by atoms with van der Waals surface area (Å²) in [5.74, 6) is -0.544. The van der Waals surface area contributed by atoms with Crippen LogP contribution in [-0.4, -0.2) is 28.0 Å². The summed E-state index contributed by atoms with van der Waals surface area (Å²) >= 11 is 5.36. The van der Waals surface area contributed by atoms with Crippen molar-refractivity contribution in [3.05, 3.63) is 29.3 Å². The van der Waals surface area contributed by atoms with Crippen LogP contribution in [-0.2, 0) is 0 Å². The Morgan fingerprint density at radius 1 is 1.67 bits per heavy atom. The second-order valence-electron chi connectivity index (χ2n) is 1.30. The molecule has 0 radical (unpaired) electrons. The first-order valence-corrected chi connectivity index (χ1v) is 2.44. The van der Waals surface area contributed by atoms with Gasteiger partial charge < -0.3 is 2.85 Å². The Balaban J connectivity index is -0.000000213. The van der Waals surface area contributed by atoms with Crippen LogP contribution in [0.25, 0.3) is 0 Å². The van der Waals surface area contributed by atoms with Crippen LogP contribution in [0.2, 0.25) is 5.02 Å². The van der Waals surface area contributed by atoms with E-state index in [9.17, 15) is 4.39 Å². The molecule has 0 fully saturated rings. The summed E-state index contributed by atoms with van der Waals surface area (Å²) in [6, 6.07) is 2.67. The molecule has 0 aromatic carbocycles. The predicted molar refractivity (Wildman–Crippen MR) is 37.2 cm³/mol. The summed E-state index contributed by atoms with van der Waals surface area (Å²) in [6.07, 6.45) is 1.32. The fourth-order valence-electron chi connectivity index (χ4n) is 0.379. The average Bonchev–Trinajstić information content (AvgIpc) is 1.64. The number of hydrogen-bond donors (Lipinski definition) is 0. The Kier molecular flexibility index (Phi) is 4.09. The number of halogens is 2. The van der Waals surface area contributed by atoms with E-state index < -0.39 is 5.95 Å². The van der Waals surface area contributed by atoms with Crippen LogP contribution in [0, 0.1) is 5.95 Å². The third kappa shape index (κ3) is 2.98. The van der Waals surface area contributed by atoms with Gasteiger partial charge in [0.05, 0.1) is 0 Å². The summed E-state index contributed by atoms with van der Waals surface area (Å²) in [5.41, 5.74) is 0. The molecular formula is C5H5ClFMgN. The molecule has 1 nitrogen and oxygen atoms in total. The molecule has 9 heavy (non-hydrogen) atoms. The first-order chi connectivity index (χ1) is 3.79. The first kappa shape index (κ1) is 9.14. The van der Waals surface area contributed by atoms with Crippen LogP contribution in [0.15, 0.2) is 18.3 Å². The zero-order valence-electron chi connectivity index (χ0n) is 6.64. The molecule has 1 aromatic rings. The molecule has 0 unspecified atom stereocenters. The molecule has 4 heteroatoms. The van der Waals surface area contributed by atoms with Gasteiger partial charge in [-0.3, -0.25) is 0 Å². The van der Waals surface area contributed by atoms with Crippen molar-refractivity contribution < 1.29 is 7.24 Å². The van der Waals surface area contributed by atoms with Crippen LogP contribution < -0.4 is 0 Å². The fourth-order valence-corrected chi connectivity index (χ4v) is 0.525. The summed E-state index contributed by atoms with van der Waals surface area (Å²) in [6.45, 7) is 0. The summed E-state index contributed by atoms with van der Waals surface area (Å²) < 4.78 is 12.0. The van der Waals surface area contributed by atoms with E-state index in [-0.39, 0.29) is 25.9 Å². The number of rotatable bonds is 0. The number of nitrogens with zero attached hydrogens (tertiary/aromatic N) is 1. The Morgan fingerprint density at radius 3 is 2.67 bits per heavy atom. The van der Waals surface area contributed by atoms with Gasteiger partial charge in [0, 0.05) is 17.3 Å². The quantitative estimate of drug-likeness (QED) is 0.413. The number of hydrogen-bond acceptors (Lipinski definition) is 1. The molecule has 1 rings (SSSR count). The van der Waals surface area contributed by atoms with Gasteiger partial charge in [0.1, 0.15) is 0 Å². The van der Waals surface area contributed by atoms with Crippen molar-refractivity contribution in [2.45, 2.75) is 0 Å². The van der Waals surface area contributed by atoms with E-state index in [1.165, 1.54) is 12.3 Å². The molecule has 1 aromatic heterocycles. The Labute approximate surface area is 76.4 Å². The van der Waals surface area contributed by atoms with Crippen LogP contribution >= 0.6 is 11.6 Å². The molecule has 0 saturated heterocycles. The van der Waals surface area contributed by atoms with Crippen LogP contribution in [0.5, 0.6) is 0 Å². The van der Waals surface area contributed by atoms with E-state index in [0.29, 0.717) is 5.02 Å². The molecule has 0 atom stereocenters. The normalized spacial score (nSPS) is 8.22. The maximum atomic E-state index is 12.0. The predicted octanol–water partition coefficient (Wildman–Crippen LogP) is 1.72. The van der Waals surface area contributed by atoms with Gasteiger partial charge in [0.25, 0.3) is 0 Å². The van der Waals surface area contributed by atoms with Gasteiger partial charge in [-0.2, -0.15) is 4.39 Å². The molecule has 0 aliphatic carbocycles. The van der Waals surface area contributed by atoms with Crippen molar-refractivity contribution in [3.63, 3.8) is 0 Å². The summed E-state index contributed by atoms with van der Waals surface area (Å²) in [5, 5.41) is 0.373. The SMILES string of the molecule is Fc1cc(Cl)ccn1.[H-].[H-].[Mg+2]. The third-order valence-corrected chi connectivity index (χ3v) is 0.924. The minimum Gasteiger partial charge on any atom is -1.00 e. The van der Waals surface area contributed by atoms with E-state index in [1.54, 1.807) is 0 Å². The molecule has 0 aliphatic heterocycles.